The number of hydroxylamine groups is 1. The Morgan fingerprint density at radius 1 is 1.23 bits per heavy atom. The number of aliphatic imine (C=N–C) groups is 1. The molecule has 5 atom stereocenters. The van der Waals surface area contributed by atoms with E-state index in [0.717, 1.165) is 49.1 Å². The summed E-state index contributed by atoms with van der Waals surface area (Å²) >= 11 is 0. The predicted octanol–water partition coefficient (Wildman–Crippen LogP) is 2.48. The molecule has 0 amide bonds. The fourth-order valence-electron chi connectivity index (χ4n) is 5.07. The normalized spacial score (nSPS) is 33.0. The molecule has 2 saturated carbocycles. The minimum atomic E-state index is -3.22. The lowest BCUT2D eigenvalue weighted by atomic mass is 9.90. The van der Waals surface area contributed by atoms with Crippen molar-refractivity contribution < 1.29 is 18.0 Å². The van der Waals surface area contributed by atoms with Crippen molar-refractivity contribution in [2.45, 2.75) is 50.2 Å². The van der Waals surface area contributed by atoms with Crippen molar-refractivity contribution in [1.29, 1.82) is 0 Å². The molecular formula is C22H32N4O4S. The van der Waals surface area contributed by atoms with Crippen LogP contribution < -0.4 is 10.2 Å². The fourth-order valence-corrected chi connectivity index (χ4v) is 5.63. The lowest BCUT2D eigenvalue weighted by Gasteiger charge is -2.33. The molecule has 170 valence electrons. The van der Waals surface area contributed by atoms with Crippen LogP contribution in [-0.2, 0) is 14.7 Å². The summed E-state index contributed by atoms with van der Waals surface area (Å²) < 4.78 is 28.7. The highest BCUT2D eigenvalue weighted by Gasteiger charge is 2.45. The van der Waals surface area contributed by atoms with Gasteiger partial charge < -0.3 is 9.64 Å². The van der Waals surface area contributed by atoms with E-state index in [9.17, 15) is 8.42 Å². The molecule has 2 aliphatic carbocycles. The van der Waals surface area contributed by atoms with Crippen LogP contribution >= 0.6 is 0 Å². The second-order valence-corrected chi connectivity index (χ2v) is 11.7. The quantitative estimate of drug-likeness (QED) is 0.685. The number of pyridine rings is 1. The minimum Gasteiger partial charge on any atom is -0.478 e. The van der Waals surface area contributed by atoms with Gasteiger partial charge in [0, 0.05) is 37.5 Å². The Hall–Kier alpha value is -1.87. The van der Waals surface area contributed by atoms with Crippen molar-refractivity contribution in [2.24, 2.45) is 34.6 Å². The van der Waals surface area contributed by atoms with Gasteiger partial charge in [0.2, 0.25) is 11.8 Å². The SMILES string of the molecule is CC1CC1C1N=C(N2CCC(C3CC3CCOc3ccc(S(C)(=O)=O)cn3)CC2)NO1. The van der Waals surface area contributed by atoms with Gasteiger partial charge in [0.25, 0.3) is 0 Å². The molecule has 0 aromatic carbocycles. The number of rotatable bonds is 7. The smallest absolute Gasteiger partial charge is 0.221 e. The summed E-state index contributed by atoms with van der Waals surface area (Å²) in [7, 11) is -3.22. The summed E-state index contributed by atoms with van der Waals surface area (Å²) in [4.78, 5) is 17.1. The van der Waals surface area contributed by atoms with Gasteiger partial charge in [-0.25, -0.2) is 28.7 Å². The molecule has 5 rings (SSSR count). The van der Waals surface area contributed by atoms with E-state index in [4.69, 9.17) is 14.6 Å². The number of guanidine groups is 1. The van der Waals surface area contributed by atoms with E-state index in [0.29, 0.717) is 18.4 Å². The van der Waals surface area contributed by atoms with Crippen molar-refractivity contribution in [2.75, 3.05) is 26.0 Å². The van der Waals surface area contributed by atoms with Gasteiger partial charge in [-0.15, -0.1) is 0 Å². The number of ether oxygens (including phenoxy) is 1. The number of hydrogen-bond donors (Lipinski definition) is 1. The summed E-state index contributed by atoms with van der Waals surface area (Å²) in [5.74, 6) is 5.07. The first-order valence-corrected chi connectivity index (χ1v) is 13.3. The van der Waals surface area contributed by atoms with E-state index in [1.165, 1.54) is 38.1 Å². The number of piperidine rings is 1. The van der Waals surface area contributed by atoms with Gasteiger partial charge in [-0.3, -0.25) is 0 Å². The van der Waals surface area contributed by atoms with E-state index in [1.807, 2.05) is 0 Å². The van der Waals surface area contributed by atoms with Gasteiger partial charge in [0.1, 0.15) is 0 Å². The van der Waals surface area contributed by atoms with Crippen LogP contribution in [-0.4, -0.2) is 56.4 Å². The van der Waals surface area contributed by atoms with Gasteiger partial charge in [-0.05, 0) is 61.8 Å². The third-order valence-corrected chi connectivity index (χ3v) is 8.45. The maximum atomic E-state index is 11.5. The van der Waals surface area contributed by atoms with E-state index < -0.39 is 9.84 Å². The van der Waals surface area contributed by atoms with E-state index in [1.54, 1.807) is 12.1 Å². The number of likely N-dealkylation sites (tertiary alicyclic amines) is 1. The largest absolute Gasteiger partial charge is 0.478 e. The molecular weight excluding hydrogens is 416 g/mol. The molecule has 0 radical (unpaired) electrons. The molecule has 1 saturated heterocycles. The van der Waals surface area contributed by atoms with Crippen molar-refractivity contribution in [3.8, 4) is 5.88 Å². The lowest BCUT2D eigenvalue weighted by Crippen LogP contribution is -2.43. The number of aromatic nitrogens is 1. The summed E-state index contributed by atoms with van der Waals surface area (Å²) in [5.41, 5.74) is 3.06. The van der Waals surface area contributed by atoms with Gasteiger partial charge in [-0.1, -0.05) is 6.92 Å². The Balaban J connectivity index is 1.02. The number of sulfone groups is 1. The summed E-state index contributed by atoms with van der Waals surface area (Å²) in [5, 5.41) is 0. The third kappa shape index (κ3) is 4.82. The summed E-state index contributed by atoms with van der Waals surface area (Å²) in [6, 6.07) is 3.18. The molecule has 0 bridgehead atoms. The topological polar surface area (TPSA) is 93.1 Å². The lowest BCUT2D eigenvalue weighted by molar-refractivity contribution is 0.0186. The zero-order valence-electron chi connectivity index (χ0n) is 18.2. The highest BCUT2D eigenvalue weighted by Crippen LogP contribution is 2.50. The highest BCUT2D eigenvalue weighted by molar-refractivity contribution is 7.90. The molecule has 3 fully saturated rings. The van der Waals surface area contributed by atoms with Crippen molar-refractivity contribution in [1.82, 2.24) is 15.4 Å². The zero-order chi connectivity index (χ0) is 21.6. The molecule has 5 unspecified atom stereocenters. The van der Waals surface area contributed by atoms with Crippen LogP contribution in [0.15, 0.2) is 28.2 Å². The van der Waals surface area contributed by atoms with Crippen LogP contribution in [0.2, 0.25) is 0 Å². The Kier molecular flexibility index (Phi) is 5.58. The van der Waals surface area contributed by atoms with Gasteiger partial charge in [0.15, 0.2) is 16.1 Å². The predicted molar refractivity (Wildman–Crippen MR) is 116 cm³/mol. The number of hydrogen-bond acceptors (Lipinski definition) is 8. The van der Waals surface area contributed by atoms with Crippen LogP contribution in [0.1, 0.15) is 39.0 Å². The van der Waals surface area contributed by atoms with Crippen molar-refractivity contribution >= 4 is 15.8 Å². The minimum absolute atomic E-state index is 0.00704. The molecule has 9 heteroatoms. The van der Waals surface area contributed by atoms with Crippen LogP contribution in [0, 0.1) is 29.6 Å². The molecule has 4 aliphatic rings. The Morgan fingerprint density at radius 3 is 2.65 bits per heavy atom. The average molecular weight is 449 g/mol. The Morgan fingerprint density at radius 2 is 2.00 bits per heavy atom. The molecule has 31 heavy (non-hydrogen) atoms. The Bertz CT molecular complexity index is 927. The monoisotopic (exact) mass is 448 g/mol. The second-order valence-electron chi connectivity index (χ2n) is 9.67. The molecule has 2 aliphatic heterocycles. The van der Waals surface area contributed by atoms with Crippen LogP contribution in [0.4, 0.5) is 0 Å². The summed E-state index contributed by atoms with van der Waals surface area (Å²) in [6.45, 7) is 4.98. The van der Waals surface area contributed by atoms with Crippen molar-refractivity contribution in [3.05, 3.63) is 18.3 Å². The van der Waals surface area contributed by atoms with Crippen LogP contribution in [0.25, 0.3) is 0 Å². The van der Waals surface area contributed by atoms with Gasteiger partial charge >= 0.3 is 0 Å². The van der Waals surface area contributed by atoms with Gasteiger partial charge in [0.05, 0.1) is 11.5 Å². The van der Waals surface area contributed by atoms with Crippen LogP contribution in [0.3, 0.4) is 0 Å². The molecule has 0 spiro atoms. The maximum Gasteiger partial charge on any atom is 0.221 e. The molecule has 3 heterocycles. The zero-order valence-corrected chi connectivity index (χ0v) is 19.1. The van der Waals surface area contributed by atoms with Gasteiger partial charge in [-0.2, -0.15) is 0 Å². The van der Waals surface area contributed by atoms with E-state index in [-0.39, 0.29) is 11.1 Å². The molecule has 8 nitrogen and oxygen atoms in total. The second kappa shape index (κ2) is 8.24. The van der Waals surface area contributed by atoms with Crippen molar-refractivity contribution in [3.63, 3.8) is 0 Å². The number of nitrogens with zero attached hydrogens (tertiary/aromatic N) is 3. The summed E-state index contributed by atoms with van der Waals surface area (Å²) in [6.07, 6.45) is 8.51. The molecule has 1 N–H and O–H groups in total. The first-order chi connectivity index (χ1) is 14.9. The Labute approximate surface area is 184 Å². The number of nitrogens with one attached hydrogen (secondary N) is 1. The third-order valence-electron chi connectivity index (χ3n) is 7.36. The molecule has 1 aromatic heterocycles. The maximum absolute atomic E-state index is 11.5. The van der Waals surface area contributed by atoms with E-state index >= 15 is 0 Å². The average Bonchev–Trinajstić information content (AvgIpc) is 3.64. The fraction of sp³-hybridized carbons (Fsp3) is 0.727. The van der Waals surface area contributed by atoms with Crippen LogP contribution in [0.5, 0.6) is 5.88 Å². The first-order valence-electron chi connectivity index (χ1n) is 11.4. The highest BCUT2D eigenvalue weighted by atomic mass is 32.2. The molecule has 1 aromatic rings. The standard InChI is InChI=1S/C22H32N4O4S/c1-14-11-18(14)21-24-22(25-30-21)26-8-5-15(6-9-26)19-12-16(19)7-10-29-20-4-3-17(13-23-20)31(2,27)28/h3-4,13-16,18-19,21H,5-12H2,1-2H3,(H,24,25). The van der Waals surface area contributed by atoms with E-state index in [2.05, 4.69) is 22.3 Å². The first kappa shape index (κ1) is 21.0.